The van der Waals surface area contributed by atoms with Gasteiger partial charge in [-0.1, -0.05) is 18.9 Å². The summed E-state index contributed by atoms with van der Waals surface area (Å²) in [5.41, 5.74) is 6.39. The quantitative estimate of drug-likeness (QED) is 0.896. The fourth-order valence-corrected chi connectivity index (χ4v) is 3.56. The molecule has 6 heteroatoms. The van der Waals surface area contributed by atoms with Gasteiger partial charge >= 0.3 is 0 Å². The Kier molecular flexibility index (Phi) is 4.58. The molecule has 0 aromatic heterocycles. The zero-order chi connectivity index (χ0) is 17.3. The minimum Gasteiger partial charge on any atom is -0.338 e. The first-order chi connectivity index (χ1) is 11.4. The third-order valence-corrected chi connectivity index (χ3v) is 5.19. The molecule has 2 aliphatic rings. The number of nitrogens with two attached hydrogens (primary N) is 1. The molecule has 1 aliphatic carbocycles. The fraction of sp³-hybridized carbons (Fsp3) is 0.556. The van der Waals surface area contributed by atoms with E-state index in [2.05, 4.69) is 0 Å². The standard InChI is InChI=1S/C18H24FN3O2/c1-13-4-5-14(12-15(13)19)16(23)21-8-10-22(11-9-21)17(24)18(20)6-2-3-7-18/h4-5,12H,2-3,6-11,20H2,1H3. The maximum Gasteiger partial charge on any atom is 0.254 e. The Morgan fingerprint density at radius 3 is 2.25 bits per heavy atom. The molecular formula is C18H24FN3O2. The molecule has 0 unspecified atom stereocenters. The van der Waals surface area contributed by atoms with E-state index in [4.69, 9.17) is 5.73 Å². The van der Waals surface area contributed by atoms with E-state index in [0.29, 0.717) is 37.3 Å². The second-order valence-corrected chi connectivity index (χ2v) is 6.91. The van der Waals surface area contributed by atoms with Gasteiger partial charge in [-0.15, -0.1) is 0 Å². The van der Waals surface area contributed by atoms with Crippen molar-refractivity contribution in [2.45, 2.75) is 38.1 Å². The Hall–Kier alpha value is -1.95. The molecule has 1 saturated heterocycles. The molecule has 3 rings (SSSR count). The van der Waals surface area contributed by atoms with Crippen LogP contribution in [0.3, 0.4) is 0 Å². The zero-order valence-corrected chi connectivity index (χ0v) is 14.1. The third kappa shape index (κ3) is 3.15. The molecule has 1 heterocycles. The van der Waals surface area contributed by atoms with E-state index < -0.39 is 5.54 Å². The van der Waals surface area contributed by atoms with E-state index in [1.165, 1.54) is 6.07 Å². The van der Waals surface area contributed by atoms with Crippen molar-refractivity contribution in [1.82, 2.24) is 9.80 Å². The van der Waals surface area contributed by atoms with Gasteiger partial charge < -0.3 is 15.5 Å². The topological polar surface area (TPSA) is 66.6 Å². The number of hydrogen-bond donors (Lipinski definition) is 1. The molecule has 1 saturated carbocycles. The van der Waals surface area contributed by atoms with Gasteiger partial charge in [-0.05, 0) is 37.5 Å². The Morgan fingerprint density at radius 2 is 1.67 bits per heavy atom. The van der Waals surface area contributed by atoms with Crippen LogP contribution in [0.4, 0.5) is 4.39 Å². The first-order valence-electron chi connectivity index (χ1n) is 8.54. The number of rotatable bonds is 2. The highest BCUT2D eigenvalue weighted by Crippen LogP contribution is 2.29. The smallest absolute Gasteiger partial charge is 0.254 e. The van der Waals surface area contributed by atoms with Crippen LogP contribution in [0.5, 0.6) is 0 Å². The second kappa shape index (κ2) is 6.51. The van der Waals surface area contributed by atoms with Gasteiger partial charge in [-0.25, -0.2) is 4.39 Å². The highest BCUT2D eigenvalue weighted by atomic mass is 19.1. The average molecular weight is 333 g/mol. The SMILES string of the molecule is Cc1ccc(C(=O)N2CCN(C(=O)C3(N)CCCC3)CC2)cc1F. The van der Waals surface area contributed by atoms with Gasteiger partial charge in [0.2, 0.25) is 5.91 Å². The second-order valence-electron chi connectivity index (χ2n) is 6.91. The Balaban J connectivity index is 1.61. The van der Waals surface area contributed by atoms with E-state index in [1.807, 2.05) is 0 Å². The molecule has 5 nitrogen and oxygen atoms in total. The Morgan fingerprint density at radius 1 is 1.08 bits per heavy atom. The predicted molar refractivity (Wildman–Crippen MR) is 89.0 cm³/mol. The van der Waals surface area contributed by atoms with Gasteiger partial charge in [0.15, 0.2) is 0 Å². The molecule has 1 aromatic carbocycles. The van der Waals surface area contributed by atoms with Crippen LogP contribution in [-0.2, 0) is 4.79 Å². The van der Waals surface area contributed by atoms with Crippen LogP contribution in [0.1, 0.15) is 41.6 Å². The number of amides is 2. The van der Waals surface area contributed by atoms with E-state index in [-0.39, 0.29) is 17.6 Å². The summed E-state index contributed by atoms with van der Waals surface area (Å²) in [4.78, 5) is 28.5. The first kappa shape index (κ1) is 16.9. The van der Waals surface area contributed by atoms with Crippen molar-refractivity contribution in [3.05, 3.63) is 35.1 Å². The number of carbonyl (C=O) groups is 2. The lowest BCUT2D eigenvalue weighted by molar-refractivity contribution is -0.138. The minimum atomic E-state index is -0.716. The molecule has 0 spiro atoms. The largest absolute Gasteiger partial charge is 0.338 e. The lowest BCUT2D eigenvalue weighted by Crippen LogP contribution is -2.59. The summed E-state index contributed by atoms with van der Waals surface area (Å²) in [5.74, 6) is -0.557. The number of hydrogen-bond acceptors (Lipinski definition) is 3. The van der Waals surface area contributed by atoms with Gasteiger partial charge in [0.05, 0.1) is 5.54 Å². The van der Waals surface area contributed by atoms with Crippen LogP contribution in [0.2, 0.25) is 0 Å². The molecule has 0 bridgehead atoms. The summed E-state index contributed by atoms with van der Waals surface area (Å²) in [6.45, 7) is 3.54. The molecule has 2 fully saturated rings. The summed E-state index contributed by atoms with van der Waals surface area (Å²) < 4.78 is 13.7. The van der Waals surface area contributed by atoms with E-state index in [9.17, 15) is 14.0 Å². The summed E-state index contributed by atoms with van der Waals surface area (Å²) >= 11 is 0. The van der Waals surface area contributed by atoms with Crippen molar-refractivity contribution in [2.24, 2.45) is 5.73 Å². The number of nitrogens with zero attached hydrogens (tertiary/aromatic N) is 2. The molecule has 1 aromatic rings. The van der Waals surface area contributed by atoms with Crippen molar-refractivity contribution in [2.75, 3.05) is 26.2 Å². The first-order valence-corrected chi connectivity index (χ1v) is 8.54. The lowest BCUT2D eigenvalue weighted by Gasteiger charge is -2.38. The van der Waals surface area contributed by atoms with Gasteiger partial charge in [0.25, 0.3) is 5.91 Å². The number of halogens is 1. The van der Waals surface area contributed by atoms with Gasteiger partial charge in [0, 0.05) is 31.7 Å². The predicted octanol–water partition coefficient (Wildman–Crippen LogP) is 1.69. The van der Waals surface area contributed by atoms with Crippen molar-refractivity contribution in [1.29, 1.82) is 0 Å². The fourth-order valence-electron chi connectivity index (χ4n) is 3.56. The van der Waals surface area contributed by atoms with Crippen LogP contribution in [-0.4, -0.2) is 53.3 Å². The molecule has 130 valence electrons. The highest BCUT2D eigenvalue weighted by Gasteiger charge is 2.40. The molecule has 0 atom stereocenters. The van der Waals surface area contributed by atoms with Gasteiger partial charge in [-0.2, -0.15) is 0 Å². The number of benzene rings is 1. The molecule has 2 amide bonds. The number of aryl methyl sites for hydroxylation is 1. The maximum atomic E-state index is 13.7. The van der Waals surface area contributed by atoms with Crippen LogP contribution in [0, 0.1) is 12.7 Å². The third-order valence-electron chi connectivity index (χ3n) is 5.19. The Labute approximate surface area is 141 Å². The van der Waals surface area contributed by atoms with Crippen molar-refractivity contribution < 1.29 is 14.0 Å². The van der Waals surface area contributed by atoms with Crippen molar-refractivity contribution in [3.63, 3.8) is 0 Å². The summed E-state index contributed by atoms with van der Waals surface area (Å²) in [6, 6.07) is 4.54. The highest BCUT2D eigenvalue weighted by molar-refractivity contribution is 5.94. The number of piperazine rings is 1. The monoisotopic (exact) mass is 333 g/mol. The van der Waals surface area contributed by atoms with Crippen LogP contribution in [0.15, 0.2) is 18.2 Å². The van der Waals surface area contributed by atoms with Crippen molar-refractivity contribution >= 4 is 11.8 Å². The van der Waals surface area contributed by atoms with Crippen molar-refractivity contribution in [3.8, 4) is 0 Å². The Bertz CT molecular complexity index is 648. The average Bonchev–Trinajstić information content (AvgIpc) is 3.04. The summed E-state index contributed by atoms with van der Waals surface area (Å²) in [5, 5.41) is 0. The number of carbonyl (C=O) groups excluding carboxylic acids is 2. The van der Waals surface area contributed by atoms with E-state index in [1.54, 1.807) is 28.9 Å². The van der Waals surface area contributed by atoms with Crippen LogP contribution >= 0.6 is 0 Å². The lowest BCUT2D eigenvalue weighted by atomic mass is 9.97. The van der Waals surface area contributed by atoms with Crippen LogP contribution in [0.25, 0.3) is 0 Å². The molecule has 0 radical (unpaired) electrons. The molecule has 24 heavy (non-hydrogen) atoms. The summed E-state index contributed by atoms with van der Waals surface area (Å²) in [6.07, 6.45) is 3.49. The van der Waals surface area contributed by atoms with Gasteiger partial charge in [-0.3, -0.25) is 9.59 Å². The minimum absolute atomic E-state index is 0.00785. The van der Waals surface area contributed by atoms with E-state index >= 15 is 0 Å². The molecule has 2 N–H and O–H groups in total. The zero-order valence-electron chi connectivity index (χ0n) is 14.1. The van der Waals surface area contributed by atoms with Crippen LogP contribution < -0.4 is 5.73 Å². The van der Waals surface area contributed by atoms with Gasteiger partial charge in [0.1, 0.15) is 5.82 Å². The van der Waals surface area contributed by atoms with E-state index in [0.717, 1.165) is 25.7 Å². The summed E-state index contributed by atoms with van der Waals surface area (Å²) in [7, 11) is 0. The normalized spacial score (nSPS) is 20.3. The molecule has 1 aliphatic heterocycles. The molecular weight excluding hydrogens is 309 g/mol. The maximum absolute atomic E-state index is 13.7.